The van der Waals surface area contributed by atoms with Gasteiger partial charge in [-0.05, 0) is 5.56 Å². The van der Waals surface area contributed by atoms with Gasteiger partial charge in [0, 0.05) is 26.1 Å². The Morgan fingerprint density at radius 3 is 2.80 bits per heavy atom. The molecular weight excluding hydrogens is 190 g/mol. The van der Waals surface area contributed by atoms with E-state index in [1.807, 2.05) is 18.2 Å². The summed E-state index contributed by atoms with van der Waals surface area (Å²) in [6, 6.07) is 10.2. The molecule has 1 aromatic carbocycles. The van der Waals surface area contributed by atoms with Crippen LogP contribution in [0.15, 0.2) is 30.3 Å². The molecule has 0 unspecified atom stereocenters. The van der Waals surface area contributed by atoms with Gasteiger partial charge < -0.3 is 15.2 Å². The molecule has 1 aliphatic heterocycles. The van der Waals surface area contributed by atoms with Crippen LogP contribution in [0.2, 0.25) is 0 Å². The number of rotatable bonds is 4. The minimum Gasteiger partial charge on any atom is -0.386 e. The number of hydrogen-bond acceptors (Lipinski definition) is 3. The summed E-state index contributed by atoms with van der Waals surface area (Å²) in [4.78, 5) is 0. The SMILES string of the molecule is O[C@@]1(CNCc2ccccc2)CCOC1. The predicted molar refractivity (Wildman–Crippen MR) is 58.5 cm³/mol. The normalized spacial score (nSPS) is 25.7. The largest absolute Gasteiger partial charge is 0.386 e. The lowest BCUT2D eigenvalue weighted by molar-refractivity contribution is 0.0268. The first-order valence-corrected chi connectivity index (χ1v) is 5.33. The molecule has 1 heterocycles. The summed E-state index contributed by atoms with van der Waals surface area (Å²) in [5, 5.41) is 13.2. The molecule has 15 heavy (non-hydrogen) atoms. The van der Waals surface area contributed by atoms with Crippen molar-refractivity contribution in [3.05, 3.63) is 35.9 Å². The van der Waals surface area contributed by atoms with Gasteiger partial charge in [-0.25, -0.2) is 0 Å². The fourth-order valence-corrected chi connectivity index (χ4v) is 1.77. The predicted octanol–water partition coefficient (Wildman–Crippen LogP) is 0.928. The molecular formula is C12H17NO2. The average Bonchev–Trinajstić information content (AvgIpc) is 2.67. The first kappa shape index (κ1) is 10.6. The van der Waals surface area contributed by atoms with Crippen molar-refractivity contribution in [2.75, 3.05) is 19.8 Å². The van der Waals surface area contributed by atoms with E-state index in [0.717, 1.165) is 13.0 Å². The van der Waals surface area contributed by atoms with Gasteiger partial charge >= 0.3 is 0 Å². The van der Waals surface area contributed by atoms with Crippen LogP contribution in [0.5, 0.6) is 0 Å². The third-order valence-electron chi connectivity index (χ3n) is 2.71. The zero-order valence-electron chi connectivity index (χ0n) is 8.78. The molecule has 0 amide bonds. The van der Waals surface area contributed by atoms with Crippen molar-refractivity contribution in [3.63, 3.8) is 0 Å². The minimum absolute atomic E-state index is 0.453. The Hall–Kier alpha value is -0.900. The van der Waals surface area contributed by atoms with E-state index in [9.17, 15) is 5.11 Å². The summed E-state index contributed by atoms with van der Waals surface area (Å²) in [6.07, 6.45) is 0.731. The maximum Gasteiger partial charge on any atom is 0.102 e. The number of benzene rings is 1. The molecule has 0 aliphatic carbocycles. The topological polar surface area (TPSA) is 41.5 Å². The molecule has 2 N–H and O–H groups in total. The Morgan fingerprint density at radius 1 is 1.33 bits per heavy atom. The van der Waals surface area contributed by atoms with Gasteiger partial charge in [0.1, 0.15) is 5.60 Å². The molecule has 0 saturated carbocycles. The Bertz CT molecular complexity index is 294. The smallest absolute Gasteiger partial charge is 0.102 e. The maximum atomic E-state index is 9.98. The van der Waals surface area contributed by atoms with Gasteiger partial charge in [-0.1, -0.05) is 30.3 Å². The van der Waals surface area contributed by atoms with Crippen molar-refractivity contribution in [1.29, 1.82) is 0 Å². The number of aliphatic hydroxyl groups is 1. The fraction of sp³-hybridized carbons (Fsp3) is 0.500. The third-order valence-corrected chi connectivity index (χ3v) is 2.71. The van der Waals surface area contributed by atoms with Crippen LogP contribution in [0.1, 0.15) is 12.0 Å². The summed E-state index contributed by atoms with van der Waals surface area (Å²) in [6.45, 7) is 2.52. The molecule has 1 aliphatic rings. The van der Waals surface area contributed by atoms with Crippen molar-refractivity contribution < 1.29 is 9.84 Å². The second kappa shape index (κ2) is 4.75. The van der Waals surface area contributed by atoms with Crippen LogP contribution in [0.25, 0.3) is 0 Å². The first-order chi connectivity index (χ1) is 7.29. The first-order valence-electron chi connectivity index (χ1n) is 5.33. The lowest BCUT2D eigenvalue weighted by Gasteiger charge is -2.20. The van der Waals surface area contributed by atoms with Gasteiger partial charge in [-0.15, -0.1) is 0 Å². The molecule has 1 atom stereocenters. The van der Waals surface area contributed by atoms with Crippen LogP contribution in [-0.2, 0) is 11.3 Å². The van der Waals surface area contributed by atoms with Crippen molar-refractivity contribution in [3.8, 4) is 0 Å². The standard InChI is InChI=1S/C12H17NO2/c14-12(6-7-15-10-12)9-13-8-11-4-2-1-3-5-11/h1-5,13-14H,6-10H2/t12-/m1/s1. The Balaban J connectivity index is 1.75. The van der Waals surface area contributed by atoms with E-state index >= 15 is 0 Å². The molecule has 82 valence electrons. The molecule has 1 saturated heterocycles. The second-order valence-corrected chi connectivity index (χ2v) is 4.12. The summed E-state index contributed by atoms with van der Waals surface area (Å²) in [7, 11) is 0. The molecule has 0 radical (unpaired) electrons. The zero-order valence-corrected chi connectivity index (χ0v) is 8.78. The molecule has 3 heteroatoms. The lowest BCUT2D eigenvalue weighted by Crippen LogP contribution is -2.40. The van der Waals surface area contributed by atoms with Crippen molar-refractivity contribution in [2.24, 2.45) is 0 Å². The zero-order chi connectivity index (χ0) is 10.6. The van der Waals surface area contributed by atoms with Crippen LogP contribution in [0.4, 0.5) is 0 Å². The number of hydrogen-bond donors (Lipinski definition) is 2. The van der Waals surface area contributed by atoms with Gasteiger partial charge in [0.25, 0.3) is 0 Å². The van der Waals surface area contributed by atoms with Crippen molar-refractivity contribution in [1.82, 2.24) is 5.32 Å². The third kappa shape index (κ3) is 3.02. The number of ether oxygens (including phenoxy) is 1. The molecule has 0 spiro atoms. The summed E-state index contributed by atoms with van der Waals surface area (Å²) >= 11 is 0. The van der Waals surface area contributed by atoms with Crippen LogP contribution < -0.4 is 5.32 Å². The molecule has 1 aromatic rings. The highest BCUT2D eigenvalue weighted by Gasteiger charge is 2.31. The van der Waals surface area contributed by atoms with E-state index in [-0.39, 0.29) is 0 Å². The quantitative estimate of drug-likeness (QED) is 0.771. The maximum absolute atomic E-state index is 9.98. The molecule has 0 bridgehead atoms. The Kier molecular flexibility index (Phi) is 3.36. The van der Waals surface area contributed by atoms with Crippen LogP contribution >= 0.6 is 0 Å². The van der Waals surface area contributed by atoms with E-state index < -0.39 is 5.60 Å². The molecule has 3 nitrogen and oxygen atoms in total. The van der Waals surface area contributed by atoms with Crippen LogP contribution in [0, 0.1) is 0 Å². The van der Waals surface area contributed by atoms with E-state index in [1.54, 1.807) is 0 Å². The van der Waals surface area contributed by atoms with E-state index in [0.29, 0.717) is 19.8 Å². The minimum atomic E-state index is -0.658. The van der Waals surface area contributed by atoms with Crippen molar-refractivity contribution >= 4 is 0 Å². The second-order valence-electron chi connectivity index (χ2n) is 4.12. The van der Waals surface area contributed by atoms with E-state index in [2.05, 4.69) is 17.4 Å². The summed E-state index contributed by atoms with van der Waals surface area (Å²) < 4.78 is 5.17. The van der Waals surface area contributed by atoms with Gasteiger partial charge in [-0.2, -0.15) is 0 Å². The Labute approximate surface area is 90.1 Å². The van der Waals surface area contributed by atoms with E-state index in [1.165, 1.54) is 5.56 Å². The van der Waals surface area contributed by atoms with Crippen molar-refractivity contribution in [2.45, 2.75) is 18.6 Å². The van der Waals surface area contributed by atoms with Crippen LogP contribution in [0.3, 0.4) is 0 Å². The Morgan fingerprint density at radius 2 is 2.13 bits per heavy atom. The van der Waals surface area contributed by atoms with Gasteiger partial charge in [-0.3, -0.25) is 0 Å². The van der Waals surface area contributed by atoms with Gasteiger partial charge in [0.15, 0.2) is 0 Å². The highest BCUT2D eigenvalue weighted by atomic mass is 16.5. The average molecular weight is 207 g/mol. The highest BCUT2D eigenvalue weighted by Crippen LogP contribution is 2.16. The summed E-state index contributed by atoms with van der Waals surface area (Å²) in [5.41, 5.74) is 0.578. The molecule has 2 rings (SSSR count). The van der Waals surface area contributed by atoms with Crippen LogP contribution in [-0.4, -0.2) is 30.5 Å². The molecule has 0 aromatic heterocycles. The molecule has 1 fully saturated rings. The lowest BCUT2D eigenvalue weighted by atomic mass is 10.0. The number of nitrogens with one attached hydrogen (secondary N) is 1. The highest BCUT2D eigenvalue weighted by molar-refractivity contribution is 5.14. The summed E-state index contributed by atoms with van der Waals surface area (Å²) in [5.74, 6) is 0. The van der Waals surface area contributed by atoms with Gasteiger partial charge in [0.05, 0.1) is 6.61 Å². The fourth-order valence-electron chi connectivity index (χ4n) is 1.77. The van der Waals surface area contributed by atoms with E-state index in [4.69, 9.17) is 4.74 Å². The van der Waals surface area contributed by atoms with Gasteiger partial charge in [0.2, 0.25) is 0 Å². The monoisotopic (exact) mass is 207 g/mol.